The third-order valence-corrected chi connectivity index (χ3v) is 2.45. The van der Waals surface area contributed by atoms with E-state index in [2.05, 4.69) is 15.2 Å². The molecule has 0 bridgehead atoms. The van der Waals surface area contributed by atoms with Crippen LogP contribution in [-0.2, 0) is 22.8 Å². The summed E-state index contributed by atoms with van der Waals surface area (Å²) in [4.78, 5) is 22.4. The maximum atomic E-state index is 12.5. The van der Waals surface area contributed by atoms with Crippen molar-refractivity contribution >= 4 is 23.5 Å². The Morgan fingerprint density at radius 3 is 2.47 bits per heavy atom. The number of carbonyl (C=O) groups is 2. The van der Waals surface area contributed by atoms with E-state index >= 15 is 0 Å². The van der Waals surface area contributed by atoms with Crippen molar-refractivity contribution < 1.29 is 27.5 Å². The molecule has 1 rings (SSSR count). The SMILES string of the molecule is COC(=O)CNC(=O)c1c(Cl)c(C(F)(F)F)nn1C. The van der Waals surface area contributed by atoms with E-state index in [0.29, 0.717) is 4.68 Å². The van der Waals surface area contributed by atoms with E-state index in [0.717, 1.165) is 14.2 Å². The number of halogens is 4. The number of carbonyl (C=O) groups excluding carboxylic acids is 2. The molecule has 1 amide bonds. The van der Waals surface area contributed by atoms with E-state index in [1.54, 1.807) is 0 Å². The first-order valence-electron chi connectivity index (χ1n) is 4.83. The number of aryl methyl sites for hydroxylation is 1. The summed E-state index contributed by atoms with van der Waals surface area (Å²) in [5.74, 6) is -1.71. The molecule has 6 nitrogen and oxygen atoms in total. The van der Waals surface area contributed by atoms with Crippen LogP contribution in [0.2, 0.25) is 5.02 Å². The summed E-state index contributed by atoms with van der Waals surface area (Å²) < 4.78 is 42.5. The molecule has 1 heterocycles. The van der Waals surface area contributed by atoms with Crippen LogP contribution < -0.4 is 5.32 Å². The van der Waals surface area contributed by atoms with Crippen molar-refractivity contribution in [1.82, 2.24) is 15.1 Å². The van der Waals surface area contributed by atoms with Gasteiger partial charge in [-0.2, -0.15) is 18.3 Å². The molecule has 1 aromatic rings. The Morgan fingerprint density at radius 2 is 2.05 bits per heavy atom. The summed E-state index contributed by atoms with van der Waals surface area (Å²) in [6.07, 6.45) is -4.77. The normalized spacial score (nSPS) is 11.3. The molecule has 0 aliphatic carbocycles. The lowest BCUT2D eigenvalue weighted by atomic mass is 10.3. The molecular formula is C9H9ClF3N3O3. The fourth-order valence-electron chi connectivity index (χ4n) is 1.23. The van der Waals surface area contributed by atoms with Gasteiger partial charge in [-0.3, -0.25) is 14.3 Å². The highest BCUT2D eigenvalue weighted by Gasteiger charge is 2.39. The van der Waals surface area contributed by atoms with Gasteiger partial charge in [-0.05, 0) is 0 Å². The Kier molecular flexibility index (Phi) is 4.40. The molecular weight excluding hydrogens is 291 g/mol. The zero-order valence-corrected chi connectivity index (χ0v) is 10.6. The first kappa shape index (κ1) is 15.3. The van der Waals surface area contributed by atoms with Gasteiger partial charge in [0.2, 0.25) is 0 Å². The lowest BCUT2D eigenvalue weighted by Gasteiger charge is -2.04. The van der Waals surface area contributed by atoms with E-state index < -0.39 is 41.0 Å². The Hall–Kier alpha value is -1.77. The Bertz CT molecular complexity index is 513. The van der Waals surface area contributed by atoms with Gasteiger partial charge in [0.05, 0.1) is 7.11 Å². The van der Waals surface area contributed by atoms with Gasteiger partial charge in [0.25, 0.3) is 5.91 Å². The first-order chi connectivity index (χ1) is 8.68. The monoisotopic (exact) mass is 299 g/mol. The minimum Gasteiger partial charge on any atom is -0.468 e. The summed E-state index contributed by atoms with van der Waals surface area (Å²) in [6.45, 7) is -0.488. The van der Waals surface area contributed by atoms with Crippen LogP contribution in [0.25, 0.3) is 0 Å². The minimum atomic E-state index is -4.77. The highest BCUT2D eigenvalue weighted by Crippen LogP contribution is 2.35. The number of nitrogens with one attached hydrogen (secondary N) is 1. The number of nitrogens with zero attached hydrogens (tertiary/aromatic N) is 2. The molecule has 0 saturated heterocycles. The highest BCUT2D eigenvalue weighted by atomic mass is 35.5. The summed E-state index contributed by atoms with van der Waals surface area (Å²) in [5.41, 5.74) is -1.85. The quantitative estimate of drug-likeness (QED) is 0.845. The Balaban J connectivity index is 2.99. The molecule has 106 valence electrons. The second kappa shape index (κ2) is 5.47. The molecule has 1 N–H and O–H groups in total. The van der Waals surface area contributed by atoms with E-state index in [-0.39, 0.29) is 0 Å². The average molecular weight is 300 g/mol. The molecule has 19 heavy (non-hydrogen) atoms. The highest BCUT2D eigenvalue weighted by molar-refractivity contribution is 6.34. The molecule has 0 aliphatic rings. The second-order valence-corrected chi connectivity index (χ2v) is 3.77. The first-order valence-corrected chi connectivity index (χ1v) is 5.21. The van der Waals surface area contributed by atoms with Crippen LogP contribution in [0.1, 0.15) is 16.2 Å². The van der Waals surface area contributed by atoms with Gasteiger partial charge in [-0.1, -0.05) is 11.6 Å². The number of rotatable bonds is 3. The van der Waals surface area contributed by atoms with Gasteiger partial charge in [0.15, 0.2) is 5.69 Å². The molecule has 1 aromatic heterocycles. The molecule has 0 aliphatic heterocycles. The average Bonchev–Trinajstić information content (AvgIpc) is 2.61. The van der Waals surface area contributed by atoms with Crippen LogP contribution in [0.3, 0.4) is 0 Å². The maximum absolute atomic E-state index is 12.5. The second-order valence-electron chi connectivity index (χ2n) is 3.39. The number of ether oxygens (including phenoxy) is 1. The van der Waals surface area contributed by atoms with Gasteiger partial charge < -0.3 is 10.1 Å². The lowest BCUT2D eigenvalue weighted by molar-refractivity contribution is -0.141. The molecule has 10 heteroatoms. The smallest absolute Gasteiger partial charge is 0.436 e. The maximum Gasteiger partial charge on any atom is 0.436 e. The summed E-state index contributed by atoms with van der Waals surface area (Å²) in [7, 11) is 2.24. The van der Waals surface area contributed by atoms with Crippen molar-refractivity contribution in [2.24, 2.45) is 7.05 Å². The van der Waals surface area contributed by atoms with Crippen LogP contribution in [0.5, 0.6) is 0 Å². The number of hydrogen-bond donors (Lipinski definition) is 1. The summed E-state index contributed by atoms with van der Waals surface area (Å²) >= 11 is 5.48. The van der Waals surface area contributed by atoms with Crippen molar-refractivity contribution in [1.29, 1.82) is 0 Å². The van der Waals surface area contributed by atoms with Crippen molar-refractivity contribution in [3.63, 3.8) is 0 Å². The van der Waals surface area contributed by atoms with E-state index in [4.69, 9.17) is 11.6 Å². The molecule has 0 aromatic carbocycles. The third kappa shape index (κ3) is 3.37. The minimum absolute atomic E-state index is 0.488. The predicted molar refractivity (Wildman–Crippen MR) is 57.6 cm³/mol. The van der Waals surface area contributed by atoms with E-state index in [9.17, 15) is 22.8 Å². The molecule has 0 atom stereocenters. The zero-order chi connectivity index (χ0) is 14.8. The fourth-order valence-corrected chi connectivity index (χ4v) is 1.59. The molecule has 0 fully saturated rings. The van der Waals surface area contributed by atoms with Gasteiger partial charge >= 0.3 is 12.1 Å². The molecule has 0 unspecified atom stereocenters. The number of hydrogen-bond acceptors (Lipinski definition) is 4. The largest absolute Gasteiger partial charge is 0.468 e. The van der Waals surface area contributed by atoms with Crippen LogP contribution in [0, 0.1) is 0 Å². The number of alkyl halides is 3. The van der Waals surface area contributed by atoms with Gasteiger partial charge in [0.1, 0.15) is 17.3 Å². The van der Waals surface area contributed by atoms with Crippen molar-refractivity contribution in [3.05, 3.63) is 16.4 Å². The number of aromatic nitrogens is 2. The third-order valence-electron chi connectivity index (χ3n) is 2.09. The number of esters is 1. The van der Waals surface area contributed by atoms with Crippen molar-refractivity contribution in [3.8, 4) is 0 Å². The lowest BCUT2D eigenvalue weighted by Crippen LogP contribution is -2.31. The molecule has 0 spiro atoms. The van der Waals surface area contributed by atoms with Crippen LogP contribution >= 0.6 is 11.6 Å². The molecule has 0 radical (unpaired) electrons. The van der Waals surface area contributed by atoms with Gasteiger partial charge in [-0.25, -0.2) is 0 Å². The van der Waals surface area contributed by atoms with E-state index in [1.165, 1.54) is 0 Å². The van der Waals surface area contributed by atoms with Crippen LogP contribution in [0.15, 0.2) is 0 Å². The zero-order valence-electron chi connectivity index (χ0n) is 9.84. The number of amides is 1. The Labute approximate surface area is 110 Å². The van der Waals surface area contributed by atoms with Crippen molar-refractivity contribution in [2.75, 3.05) is 13.7 Å². The molecule has 0 saturated carbocycles. The van der Waals surface area contributed by atoms with Crippen molar-refractivity contribution in [2.45, 2.75) is 6.18 Å². The summed E-state index contributed by atoms with van der Waals surface area (Å²) in [6, 6.07) is 0. The summed E-state index contributed by atoms with van der Waals surface area (Å²) in [5, 5.41) is 4.38. The van der Waals surface area contributed by atoms with E-state index in [1.807, 2.05) is 0 Å². The van der Waals surface area contributed by atoms with Crippen LogP contribution in [0.4, 0.5) is 13.2 Å². The number of methoxy groups -OCH3 is 1. The predicted octanol–water partition coefficient (Wildman–Crippen LogP) is 0.995. The van der Waals surface area contributed by atoms with Gasteiger partial charge in [0, 0.05) is 7.05 Å². The standard InChI is InChI=1S/C9H9ClF3N3O3/c1-16-6(8(18)14-3-4(17)19-2)5(10)7(15-16)9(11,12)13/h3H2,1-2H3,(H,14,18). The van der Waals surface area contributed by atoms with Crippen LogP contribution in [-0.4, -0.2) is 35.3 Å². The Morgan fingerprint density at radius 1 is 1.47 bits per heavy atom. The fraction of sp³-hybridized carbons (Fsp3) is 0.444. The van der Waals surface area contributed by atoms with Gasteiger partial charge in [-0.15, -0.1) is 0 Å². The topological polar surface area (TPSA) is 73.2 Å².